The molecule has 0 aromatic heterocycles. The zero-order chi connectivity index (χ0) is 30.5. The highest BCUT2D eigenvalue weighted by molar-refractivity contribution is 6.31. The number of aliphatic hydroxyl groups excluding tert-OH is 1. The van der Waals surface area contributed by atoms with E-state index in [1.165, 1.54) is 0 Å². The fourth-order valence-corrected chi connectivity index (χ4v) is 7.33. The first-order valence-corrected chi connectivity index (χ1v) is 15.1. The molecule has 6 rings (SSSR count). The van der Waals surface area contributed by atoms with Crippen LogP contribution in [-0.2, 0) is 15.1 Å². The number of nitro groups is 1. The highest BCUT2D eigenvalue weighted by Gasteiger charge is 2.71. The number of anilines is 1. The Morgan fingerprint density at radius 1 is 1.14 bits per heavy atom. The number of amides is 1. The number of nitrogens with one attached hydrogen (secondary N) is 1. The van der Waals surface area contributed by atoms with Gasteiger partial charge in [-0.1, -0.05) is 53.5 Å². The van der Waals surface area contributed by atoms with Crippen molar-refractivity contribution < 1.29 is 24.4 Å². The Morgan fingerprint density at radius 2 is 1.88 bits per heavy atom. The van der Waals surface area contributed by atoms with Gasteiger partial charge in [-0.05, 0) is 79.6 Å². The quantitative estimate of drug-likeness (QED) is 0.171. The van der Waals surface area contributed by atoms with E-state index >= 15 is 0 Å². The van der Waals surface area contributed by atoms with Gasteiger partial charge in [-0.15, -0.1) is 0 Å². The summed E-state index contributed by atoms with van der Waals surface area (Å²) in [5.41, 5.74) is 0.954. The van der Waals surface area contributed by atoms with Gasteiger partial charge < -0.3 is 15.2 Å². The molecule has 11 heteroatoms. The first kappa shape index (κ1) is 29.6. The van der Waals surface area contributed by atoms with Gasteiger partial charge in [0.2, 0.25) is 6.04 Å². The molecule has 1 saturated carbocycles. The summed E-state index contributed by atoms with van der Waals surface area (Å²) in [7, 11) is 0. The number of ether oxygens (including phenoxy) is 1. The lowest BCUT2D eigenvalue weighted by atomic mass is 9.73. The monoisotopic (exact) mass is 623 g/mol. The minimum absolute atomic E-state index is 0.0420. The molecule has 5 atom stereocenters. The van der Waals surface area contributed by atoms with Crippen LogP contribution in [-0.4, -0.2) is 52.0 Å². The van der Waals surface area contributed by atoms with Crippen molar-refractivity contribution in [2.75, 3.05) is 18.5 Å². The summed E-state index contributed by atoms with van der Waals surface area (Å²) in [5, 5.41) is 28.5. The van der Waals surface area contributed by atoms with E-state index in [0.717, 1.165) is 12.8 Å². The predicted octanol–water partition coefficient (Wildman–Crippen LogP) is 5.96. The maximum absolute atomic E-state index is 14.3. The normalized spacial score (nSPS) is 25.4. The average molecular weight is 625 g/mol. The summed E-state index contributed by atoms with van der Waals surface area (Å²) < 4.78 is 5.12. The van der Waals surface area contributed by atoms with Crippen molar-refractivity contribution >= 4 is 40.8 Å². The minimum Gasteiger partial charge on any atom is -0.462 e. The largest absolute Gasteiger partial charge is 0.462 e. The molecule has 1 spiro atoms. The Kier molecular flexibility index (Phi) is 7.93. The van der Waals surface area contributed by atoms with Crippen LogP contribution < -0.4 is 5.32 Å². The molecule has 0 radical (unpaired) electrons. The number of aliphatic hydroxyl groups is 1. The zero-order valence-electron chi connectivity index (χ0n) is 23.4. The number of likely N-dealkylation sites (tertiary alicyclic amines) is 1. The van der Waals surface area contributed by atoms with Crippen LogP contribution >= 0.6 is 23.2 Å². The Labute approximate surface area is 258 Å². The molecule has 3 aliphatic rings. The molecule has 1 aliphatic carbocycles. The Balaban J connectivity index is 1.51. The summed E-state index contributed by atoms with van der Waals surface area (Å²) in [4.78, 5) is 41.5. The standard InChI is InChI=1S/C32H31Cl2N3O6/c1-2-43-30(39)21-7-3-5-19(13-21)27(38)16-26-29(37(41)42)28(20-6-4-8-22(33)14-20)32(36(26)17-18-9-10-18)24-12-11-23(34)15-25(24)35-31(32)40/h3-8,11-15,18,26-29,38H,2,9-10,16-17H2,1H3,(H,35,40)/t26-,27-,28-,29+,32+/m0/s1. The van der Waals surface area contributed by atoms with Crippen molar-refractivity contribution in [2.24, 2.45) is 5.92 Å². The average Bonchev–Trinajstić information content (AvgIpc) is 3.69. The van der Waals surface area contributed by atoms with E-state index in [9.17, 15) is 24.8 Å². The summed E-state index contributed by atoms with van der Waals surface area (Å²) >= 11 is 12.7. The van der Waals surface area contributed by atoms with Crippen molar-refractivity contribution in [3.63, 3.8) is 0 Å². The molecule has 2 aliphatic heterocycles. The SMILES string of the molecule is CCOC(=O)c1cccc([C@@H](O)C[C@H]2[C@@H]([N+](=O)[O-])[C@H](c3cccc(Cl)c3)[C@]3(C(=O)Nc4cc(Cl)ccc43)N2CC2CC2)c1. The molecule has 0 bridgehead atoms. The van der Waals surface area contributed by atoms with Crippen molar-refractivity contribution in [1.82, 2.24) is 4.90 Å². The Morgan fingerprint density at radius 3 is 2.58 bits per heavy atom. The van der Waals surface area contributed by atoms with Gasteiger partial charge in [0.25, 0.3) is 5.91 Å². The number of halogens is 2. The van der Waals surface area contributed by atoms with Crippen LogP contribution in [0.3, 0.4) is 0 Å². The molecule has 1 amide bonds. The number of rotatable bonds is 9. The lowest BCUT2D eigenvalue weighted by Crippen LogP contribution is -2.52. The van der Waals surface area contributed by atoms with Gasteiger partial charge in [0, 0.05) is 32.8 Å². The van der Waals surface area contributed by atoms with Gasteiger partial charge in [-0.3, -0.25) is 19.8 Å². The molecule has 3 aromatic carbocycles. The molecule has 3 aromatic rings. The third kappa shape index (κ3) is 5.18. The molecule has 9 nitrogen and oxygen atoms in total. The number of benzene rings is 3. The van der Waals surface area contributed by atoms with Gasteiger partial charge in [-0.25, -0.2) is 4.79 Å². The second kappa shape index (κ2) is 11.5. The van der Waals surface area contributed by atoms with Crippen molar-refractivity contribution in [3.8, 4) is 0 Å². The van der Waals surface area contributed by atoms with E-state index in [4.69, 9.17) is 27.9 Å². The van der Waals surface area contributed by atoms with E-state index in [2.05, 4.69) is 5.32 Å². The second-order valence-electron chi connectivity index (χ2n) is 11.5. The first-order chi connectivity index (χ1) is 20.6. The van der Waals surface area contributed by atoms with E-state index in [1.807, 2.05) is 4.90 Å². The van der Waals surface area contributed by atoms with Gasteiger partial charge >= 0.3 is 5.97 Å². The fraction of sp³-hybridized carbons (Fsp3) is 0.375. The Hall–Kier alpha value is -3.50. The van der Waals surface area contributed by atoms with Crippen molar-refractivity contribution in [2.45, 2.75) is 55.8 Å². The lowest BCUT2D eigenvalue weighted by Gasteiger charge is -2.39. The van der Waals surface area contributed by atoms with Crippen LogP contribution in [0.15, 0.2) is 66.7 Å². The summed E-state index contributed by atoms with van der Waals surface area (Å²) in [6.45, 7) is 2.35. The van der Waals surface area contributed by atoms with E-state index < -0.39 is 35.6 Å². The summed E-state index contributed by atoms with van der Waals surface area (Å²) in [6, 6.07) is 16.4. The van der Waals surface area contributed by atoms with Crippen LogP contribution in [0.1, 0.15) is 65.3 Å². The van der Waals surface area contributed by atoms with Crippen LogP contribution in [0.4, 0.5) is 5.69 Å². The molecule has 224 valence electrons. The van der Waals surface area contributed by atoms with Crippen LogP contribution in [0.2, 0.25) is 10.0 Å². The third-order valence-electron chi connectivity index (χ3n) is 8.88. The van der Waals surface area contributed by atoms with Crippen LogP contribution in [0.25, 0.3) is 0 Å². The second-order valence-corrected chi connectivity index (χ2v) is 12.4. The fourth-order valence-electron chi connectivity index (χ4n) is 6.96. The summed E-state index contributed by atoms with van der Waals surface area (Å²) in [5.74, 6) is -1.55. The van der Waals surface area contributed by atoms with E-state index in [1.54, 1.807) is 73.7 Å². The summed E-state index contributed by atoms with van der Waals surface area (Å²) in [6.07, 6.45) is 0.694. The highest BCUT2D eigenvalue weighted by Crippen LogP contribution is 2.59. The number of nitrogens with zero attached hydrogens (tertiary/aromatic N) is 2. The van der Waals surface area contributed by atoms with Crippen molar-refractivity contribution in [3.05, 3.63) is 109 Å². The van der Waals surface area contributed by atoms with Gasteiger partial charge in [0.15, 0.2) is 0 Å². The van der Waals surface area contributed by atoms with Gasteiger partial charge in [-0.2, -0.15) is 0 Å². The molecule has 43 heavy (non-hydrogen) atoms. The van der Waals surface area contributed by atoms with Gasteiger partial charge in [0.1, 0.15) is 5.54 Å². The highest BCUT2D eigenvalue weighted by atomic mass is 35.5. The molecule has 2 heterocycles. The van der Waals surface area contributed by atoms with Crippen molar-refractivity contribution in [1.29, 1.82) is 0 Å². The Bertz CT molecular complexity index is 1600. The maximum Gasteiger partial charge on any atom is 0.338 e. The number of hydrogen-bond donors (Lipinski definition) is 2. The number of esters is 1. The number of carbonyl (C=O) groups excluding carboxylic acids is 2. The number of carbonyl (C=O) groups is 2. The minimum atomic E-state index is -1.44. The third-order valence-corrected chi connectivity index (χ3v) is 9.35. The zero-order valence-corrected chi connectivity index (χ0v) is 24.9. The topological polar surface area (TPSA) is 122 Å². The predicted molar refractivity (Wildman–Crippen MR) is 162 cm³/mol. The molecule has 2 fully saturated rings. The molecular weight excluding hydrogens is 593 g/mol. The molecule has 2 N–H and O–H groups in total. The smallest absolute Gasteiger partial charge is 0.338 e. The van der Waals surface area contributed by atoms with Gasteiger partial charge in [0.05, 0.1) is 30.2 Å². The van der Waals surface area contributed by atoms with Crippen LogP contribution in [0, 0.1) is 16.0 Å². The number of hydrogen-bond acceptors (Lipinski definition) is 7. The first-order valence-electron chi connectivity index (χ1n) is 14.4. The van der Waals surface area contributed by atoms with E-state index in [0.29, 0.717) is 39.0 Å². The molecule has 0 unspecified atom stereocenters. The lowest BCUT2D eigenvalue weighted by molar-refractivity contribution is -0.528. The van der Waals surface area contributed by atoms with Crippen LogP contribution in [0.5, 0.6) is 0 Å². The van der Waals surface area contributed by atoms with E-state index in [-0.39, 0.29) is 35.3 Å². The maximum atomic E-state index is 14.3. The molecular formula is C32H31Cl2N3O6. The molecule has 1 saturated heterocycles. The number of fused-ring (bicyclic) bond motifs is 2.